The first kappa shape index (κ1) is 14.8. The molecule has 106 valence electrons. The summed E-state index contributed by atoms with van der Waals surface area (Å²) in [6.45, 7) is 0.0196. The molecule has 0 saturated heterocycles. The second kappa shape index (κ2) is 6.26. The number of aliphatic hydroxyl groups excluding tert-OH is 1. The predicted molar refractivity (Wildman–Crippen MR) is 78.6 cm³/mol. The predicted octanol–water partition coefficient (Wildman–Crippen LogP) is 3.10. The van der Waals surface area contributed by atoms with E-state index in [2.05, 4.69) is 4.74 Å². The molecule has 2 aromatic rings. The fourth-order valence-corrected chi connectivity index (χ4v) is 3.04. The third kappa shape index (κ3) is 2.80. The highest BCUT2D eigenvalue weighted by Crippen LogP contribution is 2.38. The summed E-state index contributed by atoms with van der Waals surface area (Å²) >= 11 is 7.42. The molecule has 0 unspecified atom stereocenters. The lowest BCUT2D eigenvalue weighted by Gasteiger charge is -2.09. The number of rotatable bonds is 4. The van der Waals surface area contributed by atoms with Crippen LogP contribution >= 0.6 is 22.9 Å². The van der Waals surface area contributed by atoms with Crippen LogP contribution in [0.25, 0.3) is 11.1 Å². The van der Waals surface area contributed by atoms with Crippen molar-refractivity contribution in [3.8, 4) is 16.9 Å². The normalized spacial score (nSPS) is 10.6. The number of hydrogen-bond donors (Lipinski definition) is 2. The van der Waals surface area contributed by atoms with E-state index in [0.29, 0.717) is 12.0 Å². The van der Waals surface area contributed by atoms with Crippen LogP contribution in [0.4, 0.5) is 0 Å². The number of phenols is 1. The van der Waals surface area contributed by atoms with Crippen molar-refractivity contribution in [1.29, 1.82) is 0 Å². The third-order valence-corrected chi connectivity index (χ3v) is 4.16. The van der Waals surface area contributed by atoms with E-state index in [1.54, 1.807) is 0 Å². The minimum atomic E-state index is -0.560. The number of aromatic hydroxyl groups is 1. The second-order valence-electron chi connectivity index (χ2n) is 4.07. The van der Waals surface area contributed by atoms with Gasteiger partial charge in [-0.1, -0.05) is 11.6 Å². The van der Waals surface area contributed by atoms with Crippen LogP contribution < -0.4 is 0 Å². The van der Waals surface area contributed by atoms with Crippen molar-refractivity contribution in [3.05, 3.63) is 39.0 Å². The molecule has 6 heteroatoms. The van der Waals surface area contributed by atoms with Gasteiger partial charge in [0.05, 0.1) is 17.7 Å². The molecule has 0 aliphatic carbocycles. The summed E-state index contributed by atoms with van der Waals surface area (Å²) in [6.07, 6.45) is 0.489. The highest BCUT2D eigenvalue weighted by Gasteiger charge is 2.18. The number of thiophene rings is 1. The van der Waals surface area contributed by atoms with Gasteiger partial charge in [-0.15, -0.1) is 11.3 Å². The number of carbonyl (C=O) groups excluding carboxylic acids is 1. The SMILES string of the molecule is COC(=O)c1cc(-c2ccsc2CCO)c(O)cc1Cl. The van der Waals surface area contributed by atoms with Crippen LogP contribution in [0.15, 0.2) is 23.6 Å². The summed E-state index contributed by atoms with van der Waals surface area (Å²) in [4.78, 5) is 12.6. The number of ether oxygens (including phenoxy) is 1. The zero-order valence-electron chi connectivity index (χ0n) is 10.7. The van der Waals surface area contributed by atoms with Gasteiger partial charge >= 0.3 is 5.97 Å². The topological polar surface area (TPSA) is 66.8 Å². The minimum absolute atomic E-state index is 0.0137. The van der Waals surface area contributed by atoms with Gasteiger partial charge in [-0.25, -0.2) is 4.79 Å². The molecule has 0 saturated carbocycles. The first-order chi connectivity index (χ1) is 9.58. The fraction of sp³-hybridized carbons (Fsp3) is 0.214. The number of esters is 1. The Bertz CT molecular complexity index is 636. The van der Waals surface area contributed by atoms with Gasteiger partial charge in [-0.3, -0.25) is 0 Å². The highest BCUT2D eigenvalue weighted by molar-refractivity contribution is 7.10. The summed E-state index contributed by atoms with van der Waals surface area (Å²) in [5.41, 5.74) is 1.48. The van der Waals surface area contributed by atoms with E-state index in [4.69, 9.17) is 16.7 Å². The van der Waals surface area contributed by atoms with Gasteiger partial charge < -0.3 is 14.9 Å². The fourth-order valence-electron chi connectivity index (χ4n) is 1.92. The zero-order valence-corrected chi connectivity index (χ0v) is 12.3. The molecule has 1 heterocycles. The standard InChI is InChI=1S/C14H13ClO4S/c1-19-14(18)10-6-9(12(17)7-11(10)15)8-3-5-20-13(8)2-4-16/h3,5-7,16-17H,2,4H2,1H3. The molecule has 2 N–H and O–H groups in total. The summed E-state index contributed by atoms with van der Waals surface area (Å²) in [6, 6.07) is 4.66. The maximum atomic E-state index is 11.7. The molecule has 2 rings (SSSR count). The third-order valence-electron chi connectivity index (χ3n) is 2.87. The molecule has 0 atom stereocenters. The molecule has 20 heavy (non-hydrogen) atoms. The lowest BCUT2D eigenvalue weighted by atomic mass is 10.0. The van der Waals surface area contributed by atoms with Crippen LogP contribution in [0.3, 0.4) is 0 Å². The van der Waals surface area contributed by atoms with Crippen molar-refractivity contribution in [2.24, 2.45) is 0 Å². The maximum Gasteiger partial charge on any atom is 0.339 e. The van der Waals surface area contributed by atoms with Crippen molar-refractivity contribution in [2.75, 3.05) is 13.7 Å². The Morgan fingerprint density at radius 2 is 2.15 bits per heavy atom. The molecule has 0 radical (unpaired) electrons. The zero-order chi connectivity index (χ0) is 14.7. The van der Waals surface area contributed by atoms with Gasteiger partial charge in [0.1, 0.15) is 5.75 Å². The number of phenolic OH excluding ortho intramolecular Hbond substituents is 1. The molecule has 0 fully saturated rings. The average Bonchev–Trinajstić information content (AvgIpc) is 2.87. The van der Waals surface area contributed by atoms with E-state index >= 15 is 0 Å². The van der Waals surface area contributed by atoms with Crippen LogP contribution in [-0.4, -0.2) is 29.9 Å². The van der Waals surface area contributed by atoms with Crippen molar-refractivity contribution < 1.29 is 19.7 Å². The van der Waals surface area contributed by atoms with Gasteiger partial charge in [-0.05, 0) is 23.1 Å². The highest BCUT2D eigenvalue weighted by atomic mass is 35.5. The Balaban J connectivity index is 2.56. The first-order valence-corrected chi connectivity index (χ1v) is 7.12. The number of hydrogen-bond acceptors (Lipinski definition) is 5. The summed E-state index contributed by atoms with van der Waals surface area (Å²) < 4.78 is 4.66. The van der Waals surface area contributed by atoms with Crippen LogP contribution in [-0.2, 0) is 11.2 Å². The van der Waals surface area contributed by atoms with Crippen LogP contribution in [0.1, 0.15) is 15.2 Å². The van der Waals surface area contributed by atoms with Crippen molar-refractivity contribution in [2.45, 2.75) is 6.42 Å². The maximum absolute atomic E-state index is 11.7. The smallest absolute Gasteiger partial charge is 0.339 e. The molecule has 0 amide bonds. The van der Waals surface area contributed by atoms with Crippen molar-refractivity contribution >= 4 is 28.9 Å². The Morgan fingerprint density at radius 3 is 2.80 bits per heavy atom. The van der Waals surface area contributed by atoms with Gasteiger partial charge in [0.25, 0.3) is 0 Å². The average molecular weight is 313 g/mol. The van der Waals surface area contributed by atoms with Crippen LogP contribution in [0.2, 0.25) is 5.02 Å². The molecule has 4 nitrogen and oxygen atoms in total. The summed E-state index contributed by atoms with van der Waals surface area (Å²) in [5.74, 6) is -0.574. The molecule has 1 aromatic carbocycles. The number of carbonyl (C=O) groups is 1. The van der Waals surface area contributed by atoms with Gasteiger partial charge in [0.15, 0.2) is 0 Å². The molecule has 0 bridgehead atoms. The molecule has 0 aliphatic rings. The van der Waals surface area contributed by atoms with E-state index in [1.165, 1.54) is 30.6 Å². The van der Waals surface area contributed by atoms with E-state index in [-0.39, 0.29) is 22.9 Å². The number of halogens is 1. The molecule has 1 aromatic heterocycles. The van der Waals surface area contributed by atoms with E-state index in [9.17, 15) is 9.90 Å². The Kier molecular flexibility index (Phi) is 4.65. The first-order valence-electron chi connectivity index (χ1n) is 5.87. The summed E-state index contributed by atoms with van der Waals surface area (Å²) in [7, 11) is 1.27. The largest absolute Gasteiger partial charge is 0.507 e. The quantitative estimate of drug-likeness (QED) is 0.851. The Labute approximate surface area is 125 Å². The molecular formula is C14H13ClO4S. The van der Waals surface area contributed by atoms with Gasteiger partial charge in [-0.2, -0.15) is 0 Å². The van der Waals surface area contributed by atoms with Crippen molar-refractivity contribution in [3.63, 3.8) is 0 Å². The lowest BCUT2D eigenvalue weighted by Crippen LogP contribution is -2.02. The molecule has 0 spiro atoms. The van der Waals surface area contributed by atoms with E-state index in [0.717, 1.165) is 10.4 Å². The monoisotopic (exact) mass is 312 g/mol. The van der Waals surface area contributed by atoms with Crippen molar-refractivity contribution in [1.82, 2.24) is 0 Å². The molecule has 0 aliphatic heterocycles. The van der Waals surface area contributed by atoms with E-state index in [1.807, 2.05) is 11.4 Å². The number of aliphatic hydroxyl groups is 1. The van der Waals surface area contributed by atoms with Gasteiger partial charge in [0.2, 0.25) is 0 Å². The van der Waals surface area contributed by atoms with Crippen LogP contribution in [0, 0.1) is 0 Å². The number of methoxy groups -OCH3 is 1. The Hall–Kier alpha value is -1.56. The second-order valence-corrected chi connectivity index (χ2v) is 5.48. The van der Waals surface area contributed by atoms with Gasteiger partial charge in [0, 0.05) is 29.5 Å². The van der Waals surface area contributed by atoms with Crippen LogP contribution in [0.5, 0.6) is 5.75 Å². The number of benzene rings is 1. The molecular weight excluding hydrogens is 300 g/mol. The van der Waals surface area contributed by atoms with E-state index < -0.39 is 5.97 Å². The lowest BCUT2D eigenvalue weighted by molar-refractivity contribution is 0.0601. The minimum Gasteiger partial charge on any atom is -0.507 e. The Morgan fingerprint density at radius 1 is 1.40 bits per heavy atom. The summed E-state index contributed by atoms with van der Waals surface area (Å²) in [5, 5.41) is 21.1.